The predicted octanol–water partition coefficient (Wildman–Crippen LogP) is 2.37. The van der Waals surface area contributed by atoms with Gasteiger partial charge in [-0.05, 0) is 45.4 Å². The summed E-state index contributed by atoms with van der Waals surface area (Å²) in [5.41, 5.74) is 8.34. The molecule has 1 aromatic carbocycles. The van der Waals surface area contributed by atoms with Gasteiger partial charge in [-0.3, -0.25) is 9.59 Å². The Morgan fingerprint density at radius 1 is 1.21 bits per heavy atom. The van der Waals surface area contributed by atoms with E-state index in [-0.39, 0.29) is 26.2 Å². The average molecular weight is 465 g/mol. The van der Waals surface area contributed by atoms with Crippen LogP contribution in [0, 0.1) is 0 Å². The van der Waals surface area contributed by atoms with Crippen molar-refractivity contribution >= 4 is 17.9 Å². The van der Waals surface area contributed by atoms with Gasteiger partial charge in [0.2, 0.25) is 11.8 Å². The standard InChI is InChI=1S/C21H32N6O6/c1-14(10-24-26-22)25-18(28)13-27(19(29)11-23-20(30)33-21(2,3)4)12-15-7-8-16(31-5)9-17(15)32-6/h7-9,14H,10-13H2,1-6H3,(H,23,30)(H,25,28)/t14-/m1/s1. The third-order valence-electron chi connectivity index (χ3n) is 4.15. The van der Waals surface area contributed by atoms with Crippen molar-refractivity contribution in [2.75, 3.05) is 33.9 Å². The molecule has 0 aromatic heterocycles. The summed E-state index contributed by atoms with van der Waals surface area (Å²) in [6.07, 6.45) is -0.745. The number of rotatable bonds is 11. The second-order valence-electron chi connectivity index (χ2n) is 8.17. The smallest absolute Gasteiger partial charge is 0.408 e. The second-order valence-corrected chi connectivity index (χ2v) is 8.17. The van der Waals surface area contributed by atoms with Crippen LogP contribution in [0.4, 0.5) is 4.79 Å². The molecule has 0 aliphatic carbocycles. The number of methoxy groups -OCH3 is 2. The Kier molecular flexibility index (Phi) is 10.8. The average Bonchev–Trinajstić information content (AvgIpc) is 2.74. The summed E-state index contributed by atoms with van der Waals surface area (Å²) in [6, 6.07) is 4.68. The van der Waals surface area contributed by atoms with Crippen molar-refractivity contribution in [1.29, 1.82) is 0 Å². The van der Waals surface area contributed by atoms with E-state index in [9.17, 15) is 14.4 Å². The number of alkyl carbamates (subject to hydrolysis) is 1. The van der Waals surface area contributed by atoms with Crippen molar-refractivity contribution in [3.05, 3.63) is 34.2 Å². The lowest BCUT2D eigenvalue weighted by molar-refractivity contribution is -0.136. The molecule has 0 fully saturated rings. The van der Waals surface area contributed by atoms with E-state index in [2.05, 4.69) is 20.7 Å². The molecule has 0 heterocycles. The fourth-order valence-corrected chi connectivity index (χ4v) is 2.69. The summed E-state index contributed by atoms with van der Waals surface area (Å²) in [5.74, 6) is 0.0967. The zero-order valence-electron chi connectivity index (χ0n) is 19.9. The summed E-state index contributed by atoms with van der Waals surface area (Å²) < 4.78 is 15.7. The number of nitrogens with zero attached hydrogens (tertiary/aromatic N) is 4. The highest BCUT2D eigenvalue weighted by Gasteiger charge is 2.22. The Morgan fingerprint density at radius 2 is 1.91 bits per heavy atom. The Morgan fingerprint density at radius 3 is 2.48 bits per heavy atom. The van der Waals surface area contributed by atoms with Gasteiger partial charge in [-0.2, -0.15) is 0 Å². The van der Waals surface area contributed by atoms with Gasteiger partial charge in [0.1, 0.15) is 23.6 Å². The van der Waals surface area contributed by atoms with E-state index in [0.717, 1.165) is 0 Å². The molecule has 0 bridgehead atoms. The van der Waals surface area contributed by atoms with Crippen molar-refractivity contribution in [3.8, 4) is 11.5 Å². The molecule has 0 unspecified atom stereocenters. The summed E-state index contributed by atoms with van der Waals surface area (Å²) in [4.78, 5) is 41.2. The molecule has 1 aromatic rings. The topological polar surface area (TPSA) is 155 Å². The highest BCUT2D eigenvalue weighted by Crippen LogP contribution is 2.25. The van der Waals surface area contributed by atoms with Crippen molar-refractivity contribution in [1.82, 2.24) is 15.5 Å². The van der Waals surface area contributed by atoms with E-state index < -0.39 is 29.6 Å². The maximum atomic E-state index is 12.9. The highest BCUT2D eigenvalue weighted by atomic mass is 16.6. The fourth-order valence-electron chi connectivity index (χ4n) is 2.69. The van der Waals surface area contributed by atoms with Crippen LogP contribution >= 0.6 is 0 Å². The van der Waals surface area contributed by atoms with E-state index in [4.69, 9.17) is 19.7 Å². The number of hydrogen-bond donors (Lipinski definition) is 2. The predicted molar refractivity (Wildman–Crippen MR) is 121 cm³/mol. The molecular formula is C21H32N6O6. The van der Waals surface area contributed by atoms with Gasteiger partial charge < -0.3 is 29.7 Å². The summed E-state index contributed by atoms with van der Waals surface area (Å²) >= 11 is 0. The molecule has 182 valence electrons. The third kappa shape index (κ3) is 10.5. The van der Waals surface area contributed by atoms with Gasteiger partial charge in [0.15, 0.2) is 0 Å². The lowest BCUT2D eigenvalue weighted by Crippen LogP contribution is -2.47. The molecule has 0 aliphatic heterocycles. The lowest BCUT2D eigenvalue weighted by atomic mass is 10.1. The molecule has 1 atom stereocenters. The number of amides is 3. The van der Waals surface area contributed by atoms with E-state index in [1.54, 1.807) is 45.9 Å². The molecule has 33 heavy (non-hydrogen) atoms. The zero-order chi connectivity index (χ0) is 25.0. The van der Waals surface area contributed by atoms with Crippen LogP contribution in [0.25, 0.3) is 10.4 Å². The zero-order valence-corrected chi connectivity index (χ0v) is 19.9. The largest absolute Gasteiger partial charge is 0.497 e. The first-order valence-corrected chi connectivity index (χ1v) is 10.2. The van der Waals surface area contributed by atoms with E-state index in [1.165, 1.54) is 19.1 Å². The third-order valence-corrected chi connectivity index (χ3v) is 4.15. The SMILES string of the molecule is COc1ccc(CN(CC(=O)N[C@H](C)CN=[N+]=[N-])C(=O)CNC(=O)OC(C)(C)C)c(OC)c1. The van der Waals surface area contributed by atoms with Gasteiger partial charge in [0.05, 0.1) is 20.8 Å². The van der Waals surface area contributed by atoms with Gasteiger partial charge in [-0.15, -0.1) is 0 Å². The summed E-state index contributed by atoms with van der Waals surface area (Å²) in [7, 11) is 3.01. The van der Waals surface area contributed by atoms with Crippen LogP contribution in [0.3, 0.4) is 0 Å². The Balaban J connectivity index is 2.98. The minimum Gasteiger partial charge on any atom is -0.497 e. The van der Waals surface area contributed by atoms with E-state index >= 15 is 0 Å². The van der Waals surface area contributed by atoms with Crippen molar-refractivity contribution in [3.63, 3.8) is 0 Å². The van der Waals surface area contributed by atoms with Gasteiger partial charge in [-0.25, -0.2) is 4.79 Å². The van der Waals surface area contributed by atoms with E-state index in [1.807, 2.05) is 0 Å². The molecule has 0 saturated carbocycles. The molecule has 0 aliphatic rings. The molecule has 1 rings (SSSR count). The first-order chi connectivity index (χ1) is 15.5. The summed E-state index contributed by atoms with van der Waals surface area (Å²) in [6.45, 7) is 6.26. The van der Waals surface area contributed by atoms with Gasteiger partial charge in [-0.1, -0.05) is 5.11 Å². The van der Waals surface area contributed by atoms with Crippen LogP contribution in [0.1, 0.15) is 33.3 Å². The highest BCUT2D eigenvalue weighted by molar-refractivity contribution is 5.87. The molecule has 12 nitrogen and oxygen atoms in total. The van der Waals surface area contributed by atoms with Gasteiger partial charge >= 0.3 is 6.09 Å². The summed E-state index contributed by atoms with van der Waals surface area (Å²) in [5, 5.41) is 8.49. The lowest BCUT2D eigenvalue weighted by Gasteiger charge is -2.25. The molecular weight excluding hydrogens is 432 g/mol. The van der Waals surface area contributed by atoms with Crippen LogP contribution in [-0.4, -0.2) is 68.3 Å². The van der Waals surface area contributed by atoms with Crippen LogP contribution in [0.15, 0.2) is 23.3 Å². The second kappa shape index (κ2) is 13.0. The molecule has 0 radical (unpaired) electrons. The maximum absolute atomic E-state index is 12.9. The number of nitrogens with one attached hydrogen (secondary N) is 2. The van der Waals surface area contributed by atoms with Crippen LogP contribution < -0.4 is 20.1 Å². The Hall–Kier alpha value is -3.66. The van der Waals surface area contributed by atoms with Crippen LogP contribution in [0.2, 0.25) is 0 Å². The van der Waals surface area contributed by atoms with Gasteiger partial charge in [0, 0.05) is 35.7 Å². The molecule has 3 amide bonds. The molecule has 0 spiro atoms. The van der Waals surface area contributed by atoms with Crippen molar-refractivity contribution in [2.24, 2.45) is 5.11 Å². The number of carbonyl (C=O) groups excluding carboxylic acids is 3. The number of azide groups is 1. The van der Waals surface area contributed by atoms with Crippen molar-refractivity contribution < 1.29 is 28.6 Å². The van der Waals surface area contributed by atoms with Gasteiger partial charge in [0.25, 0.3) is 0 Å². The minimum absolute atomic E-state index is 0.0418. The normalized spacial score (nSPS) is 11.5. The molecule has 2 N–H and O–H groups in total. The Labute approximate surface area is 193 Å². The first kappa shape index (κ1) is 27.4. The molecule has 0 saturated heterocycles. The maximum Gasteiger partial charge on any atom is 0.408 e. The number of benzene rings is 1. The Bertz CT molecular complexity index is 878. The molecule has 12 heteroatoms. The quantitative estimate of drug-likeness (QED) is 0.291. The van der Waals surface area contributed by atoms with Crippen LogP contribution in [0.5, 0.6) is 11.5 Å². The monoisotopic (exact) mass is 464 g/mol. The van der Waals surface area contributed by atoms with Crippen LogP contribution in [-0.2, 0) is 20.9 Å². The fraction of sp³-hybridized carbons (Fsp3) is 0.571. The minimum atomic E-state index is -0.745. The van der Waals surface area contributed by atoms with E-state index in [0.29, 0.717) is 17.1 Å². The first-order valence-electron chi connectivity index (χ1n) is 10.2. The number of hydrogen-bond acceptors (Lipinski definition) is 7. The van der Waals surface area contributed by atoms with Crippen molar-refractivity contribution in [2.45, 2.75) is 45.9 Å². The number of carbonyl (C=O) groups is 3. The number of ether oxygens (including phenoxy) is 3.